The molecule has 1 amide bonds. The van der Waals surface area contributed by atoms with E-state index >= 15 is 0 Å². The summed E-state index contributed by atoms with van der Waals surface area (Å²) in [6.45, 7) is 2.15. The molecule has 2 atom stereocenters. The molecule has 0 radical (unpaired) electrons. The average molecular weight is 434 g/mol. The molecule has 31 heavy (non-hydrogen) atoms. The minimum Gasteiger partial charge on any atom is -0.497 e. The van der Waals surface area contributed by atoms with E-state index in [9.17, 15) is 18.0 Å². The van der Waals surface area contributed by atoms with Crippen molar-refractivity contribution < 1.29 is 27.4 Å². The summed E-state index contributed by atoms with van der Waals surface area (Å²) in [6.07, 6.45) is -3.87. The quantitative estimate of drug-likeness (QED) is 0.733. The molecule has 0 bridgehead atoms. The third-order valence-corrected chi connectivity index (χ3v) is 6.37. The van der Waals surface area contributed by atoms with Gasteiger partial charge in [-0.3, -0.25) is 9.69 Å². The van der Waals surface area contributed by atoms with Gasteiger partial charge in [-0.2, -0.15) is 13.2 Å². The Bertz CT molecular complexity index is 931. The van der Waals surface area contributed by atoms with Crippen molar-refractivity contribution in [2.24, 2.45) is 0 Å². The molecular weight excluding hydrogens is 409 g/mol. The van der Waals surface area contributed by atoms with Crippen molar-refractivity contribution in [3.05, 3.63) is 65.2 Å². The normalized spacial score (nSPS) is 24.5. The van der Waals surface area contributed by atoms with E-state index in [4.69, 9.17) is 9.47 Å². The minimum absolute atomic E-state index is 0.0298. The van der Waals surface area contributed by atoms with Gasteiger partial charge in [0, 0.05) is 25.2 Å². The molecule has 2 aliphatic rings. The third kappa shape index (κ3) is 4.27. The molecule has 4 rings (SSSR count). The Morgan fingerprint density at radius 3 is 2.39 bits per heavy atom. The molecule has 2 aromatic carbocycles. The first-order chi connectivity index (χ1) is 14.7. The molecule has 8 heteroatoms. The second-order valence-corrected chi connectivity index (χ2v) is 8.23. The van der Waals surface area contributed by atoms with Crippen LogP contribution in [-0.4, -0.2) is 61.6 Å². The summed E-state index contributed by atoms with van der Waals surface area (Å²) in [5.74, 6) is 0.668. The Balaban J connectivity index is 1.41. The fraction of sp³-hybridized carbons (Fsp3) is 0.435. The standard InChI is InChI=1S/C23H25F3N2O3/c1-27-13-20(16-3-7-18(8-4-16)23(24,25)26)31-15-22(27)11-12-28(14-22)21(29)17-5-9-19(30-2)10-6-17/h3-10,20H,11-15H2,1-2H3/t20-,22-/m1/s1. The first-order valence-corrected chi connectivity index (χ1v) is 10.2. The molecule has 0 unspecified atom stereocenters. The number of carbonyl (C=O) groups is 1. The molecule has 0 aliphatic carbocycles. The second kappa shape index (κ2) is 8.16. The Morgan fingerprint density at radius 1 is 1.13 bits per heavy atom. The average Bonchev–Trinajstić information content (AvgIpc) is 3.20. The SMILES string of the molecule is COc1ccc(C(=O)N2CC[C@]3(CO[C@@H](c4ccc(C(F)(F)F)cc4)CN3C)C2)cc1. The number of hydrogen-bond donors (Lipinski definition) is 0. The van der Waals surface area contributed by atoms with E-state index in [0.29, 0.717) is 37.6 Å². The number of ether oxygens (including phenoxy) is 2. The van der Waals surface area contributed by atoms with Crippen molar-refractivity contribution >= 4 is 5.91 Å². The zero-order valence-corrected chi connectivity index (χ0v) is 17.5. The first-order valence-electron chi connectivity index (χ1n) is 10.2. The maximum absolute atomic E-state index is 12.9. The van der Waals surface area contributed by atoms with Crippen LogP contribution in [-0.2, 0) is 10.9 Å². The van der Waals surface area contributed by atoms with E-state index in [2.05, 4.69) is 4.90 Å². The van der Waals surface area contributed by atoms with Gasteiger partial charge in [-0.1, -0.05) is 12.1 Å². The molecule has 2 heterocycles. The van der Waals surface area contributed by atoms with Crippen LogP contribution < -0.4 is 4.74 Å². The molecule has 2 aliphatic heterocycles. The molecule has 2 fully saturated rings. The van der Waals surface area contributed by atoms with E-state index in [-0.39, 0.29) is 17.6 Å². The van der Waals surface area contributed by atoms with Gasteiger partial charge in [-0.25, -0.2) is 0 Å². The number of likely N-dealkylation sites (N-methyl/N-ethyl adjacent to an activating group) is 1. The Hall–Kier alpha value is -2.58. The summed E-state index contributed by atoms with van der Waals surface area (Å²) in [4.78, 5) is 16.9. The Labute approximate surface area is 179 Å². The number of benzene rings is 2. The lowest BCUT2D eigenvalue weighted by Gasteiger charge is -2.45. The van der Waals surface area contributed by atoms with Crippen LogP contribution in [0.25, 0.3) is 0 Å². The largest absolute Gasteiger partial charge is 0.497 e. The molecule has 0 N–H and O–H groups in total. The van der Waals surface area contributed by atoms with E-state index in [0.717, 1.165) is 24.1 Å². The predicted molar refractivity (Wildman–Crippen MR) is 109 cm³/mol. The molecule has 2 aromatic rings. The molecule has 1 spiro atoms. The van der Waals surface area contributed by atoms with Crippen molar-refractivity contribution in [3.63, 3.8) is 0 Å². The lowest BCUT2D eigenvalue weighted by atomic mass is 9.93. The molecule has 2 saturated heterocycles. The summed E-state index contributed by atoms with van der Waals surface area (Å²) in [5.41, 5.74) is 0.379. The van der Waals surface area contributed by atoms with Crippen molar-refractivity contribution in [1.82, 2.24) is 9.80 Å². The summed E-state index contributed by atoms with van der Waals surface area (Å²) in [7, 11) is 3.57. The number of nitrogens with zero attached hydrogens (tertiary/aromatic N) is 2. The lowest BCUT2D eigenvalue weighted by molar-refractivity contribution is -0.137. The van der Waals surface area contributed by atoms with Gasteiger partial charge in [0.1, 0.15) is 5.75 Å². The van der Waals surface area contributed by atoms with Crippen molar-refractivity contribution in [1.29, 1.82) is 0 Å². The minimum atomic E-state index is -4.35. The van der Waals surface area contributed by atoms with E-state index in [1.165, 1.54) is 12.1 Å². The van der Waals surface area contributed by atoms with Crippen LogP contribution in [0.1, 0.15) is 34.0 Å². The summed E-state index contributed by atoms with van der Waals surface area (Å²) in [5, 5.41) is 0. The van der Waals surface area contributed by atoms with Crippen LogP contribution in [0.3, 0.4) is 0 Å². The number of morpholine rings is 1. The number of alkyl halides is 3. The predicted octanol–water partition coefficient (Wildman–Crippen LogP) is 4.00. The first kappa shape index (κ1) is 21.6. The van der Waals surface area contributed by atoms with Gasteiger partial charge < -0.3 is 14.4 Å². The fourth-order valence-corrected chi connectivity index (χ4v) is 4.32. The van der Waals surface area contributed by atoms with E-state index in [1.54, 1.807) is 31.4 Å². The van der Waals surface area contributed by atoms with Crippen LogP contribution in [0.15, 0.2) is 48.5 Å². The number of amides is 1. The molecule has 5 nitrogen and oxygen atoms in total. The summed E-state index contributed by atoms with van der Waals surface area (Å²) >= 11 is 0. The fourth-order valence-electron chi connectivity index (χ4n) is 4.32. The number of methoxy groups -OCH3 is 1. The zero-order valence-electron chi connectivity index (χ0n) is 17.5. The van der Waals surface area contributed by atoms with Crippen LogP contribution >= 0.6 is 0 Å². The summed E-state index contributed by atoms with van der Waals surface area (Å²) < 4.78 is 49.7. The molecule has 0 saturated carbocycles. The third-order valence-electron chi connectivity index (χ3n) is 6.37. The van der Waals surface area contributed by atoms with Crippen molar-refractivity contribution in [2.45, 2.75) is 24.2 Å². The second-order valence-electron chi connectivity index (χ2n) is 8.23. The monoisotopic (exact) mass is 434 g/mol. The van der Waals surface area contributed by atoms with Gasteiger partial charge in [0.05, 0.1) is 30.9 Å². The van der Waals surface area contributed by atoms with Gasteiger partial charge in [0.25, 0.3) is 5.91 Å². The number of halogens is 3. The highest BCUT2D eigenvalue weighted by molar-refractivity contribution is 5.94. The van der Waals surface area contributed by atoms with Crippen LogP contribution in [0.2, 0.25) is 0 Å². The molecule has 166 valence electrons. The van der Waals surface area contributed by atoms with Crippen LogP contribution in [0.5, 0.6) is 5.75 Å². The smallest absolute Gasteiger partial charge is 0.416 e. The number of rotatable bonds is 3. The summed E-state index contributed by atoms with van der Waals surface area (Å²) in [6, 6.07) is 12.2. The maximum atomic E-state index is 12.9. The van der Waals surface area contributed by atoms with Crippen molar-refractivity contribution in [2.75, 3.05) is 40.4 Å². The van der Waals surface area contributed by atoms with Gasteiger partial charge in [0.2, 0.25) is 0 Å². The molecular formula is C23H25F3N2O3. The number of likely N-dealkylation sites (tertiary alicyclic amines) is 1. The van der Waals surface area contributed by atoms with Crippen LogP contribution in [0.4, 0.5) is 13.2 Å². The van der Waals surface area contributed by atoms with E-state index in [1.807, 2.05) is 11.9 Å². The van der Waals surface area contributed by atoms with Gasteiger partial charge >= 0.3 is 6.18 Å². The number of carbonyl (C=O) groups excluding carboxylic acids is 1. The van der Waals surface area contributed by atoms with Gasteiger partial charge in [0.15, 0.2) is 0 Å². The lowest BCUT2D eigenvalue weighted by Crippen LogP contribution is -2.57. The topological polar surface area (TPSA) is 42.0 Å². The van der Waals surface area contributed by atoms with Crippen LogP contribution in [0, 0.1) is 0 Å². The Morgan fingerprint density at radius 2 is 1.81 bits per heavy atom. The van der Waals surface area contributed by atoms with E-state index < -0.39 is 11.7 Å². The maximum Gasteiger partial charge on any atom is 0.416 e. The van der Waals surface area contributed by atoms with Gasteiger partial charge in [-0.05, 0) is 55.4 Å². The highest BCUT2D eigenvalue weighted by atomic mass is 19.4. The molecule has 0 aromatic heterocycles. The number of hydrogen-bond acceptors (Lipinski definition) is 4. The Kier molecular flexibility index (Phi) is 5.70. The zero-order chi connectivity index (χ0) is 22.2. The highest BCUT2D eigenvalue weighted by Crippen LogP contribution is 2.37. The van der Waals surface area contributed by atoms with Gasteiger partial charge in [-0.15, -0.1) is 0 Å². The highest BCUT2D eigenvalue weighted by Gasteiger charge is 2.47. The van der Waals surface area contributed by atoms with Crippen molar-refractivity contribution in [3.8, 4) is 5.75 Å².